The minimum atomic E-state index is 0.290. The van der Waals surface area contributed by atoms with Gasteiger partial charge in [-0.2, -0.15) is 0 Å². The summed E-state index contributed by atoms with van der Waals surface area (Å²) in [7, 11) is 3.86. The SMILES string of the molecule is CN(C)C=C1SCCC1=O. The Morgan fingerprint density at radius 3 is 2.70 bits per heavy atom. The molecule has 1 rings (SSSR count). The van der Waals surface area contributed by atoms with Crippen LogP contribution in [0.15, 0.2) is 11.1 Å². The van der Waals surface area contributed by atoms with E-state index >= 15 is 0 Å². The number of hydrogen-bond donors (Lipinski definition) is 0. The lowest BCUT2D eigenvalue weighted by Crippen LogP contribution is -2.03. The maximum atomic E-state index is 11.0. The monoisotopic (exact) mass is 157 g/mol. The molecule has 1 saturated heterocycles. The molecule has 10 heavy (non-hydrogen) atoms. The Labute approximate surface area is 65.3 Å². The molecule has 1 aliphatic rings. The van der Waals surface area contributed by atoms with E-state index in [0.29, 0.717) is 12.2 Å². The molecule has 0 spiro atoms. The molecule has 0 atom stereocenters. The van der Waals surface area contributed by atoms with Crippen LogP contribution < -0.4 is 0 Å². The van der Waals surface area contributed by atoms with Gasteiger partial charge in [0.1, 0.15) is 0 Å². The van der Waals surface area contributed by atoms with Crippen LogP contribution >= 0.6 is 11.8 Å². The standard InChI is InChI=1S/C7H11NOS/c1-8(2)5-7-6(9)3-4-10-7/h5H,3-4H2,1-2H3. The van der Waals surface area contributed by atoms with E-state index in [1.165, 1.54) is 0 Å². The molecule has 1 fully saturated rings. The van der Waals surface area contributed by atoms with Gasteiger partial charge in [-0.15, -0.1) is 11.8 Å². The Balaban J connectivity index is 2.62. The molecule has 0 aliphatic carbocycles. The van der Waals surface area contributed by atoms with Gasteiger partial charge in [-0.05, 0) is 0 Å². The Kier molecular flexibility index (Phi) is 2.38. The molecule has 1 heterocycles. The van der Waals surface area contributed by atoms with Gasteiger partial charge in [0.2, 0.25) is 0 Å². The van der Waals surface area contributed by atoms with Gasteiger partial charge < -0.3 is 4.90 Å². The Morgan fingerprint density at radius 1 is 1.60 bits per heavy atom. The van der Waals surface area contributed by atoms with E-state index in [1.807, 2.05) is 25.2 Å². The summed E-state index contributed by atoms with van der Waals surface area (Å²) in [4.78, 5) is 13.8. The molecule has 0 amide bonds. The summed E-state index contributed by atoms with van der Waals surface area (Å²) < 4.78 is 0. The molecular formula is C7H11NOS. The van der Waals surface area contributed by atoms with E-state index in [0.717, 1.165) is 10.7 Å². The van der Waals surface area contributed by atoms with Gasteiger partial charge in [0.05, 0.1) is 4.91 Å². The number of ketones is 1. The molecule has 0 radical (unpaired) electrons. The Bertz CT molecular complexity index is 174. The van der Waals surface area contributed by atoms with Gasteiger partial charge in [0, 0.05) is 32.5 Å². The third-order valence-electron chi connectivity index (χ3n) is 1.24. The maximum absolute atomic E-state index is 11.0. The quantitative estimate of drug-likeness (QED) is 0.531. The van der Waals surface area contributed by atoms with Crippen LogP contribution in [0.25, 0.3) is 0 Å². The van der Waals surface area contributed by atoms with Crippen molar-refractivity contribution in [3.05, 3.63) is 11.1 Å². The number of hydrogen-bond acceptors (Lipinski definition) is 3. The molecule has 3 heteroatoms. The lowest BCUT2D eigenvalue weighted by atomic mass is 10.3. The van der Waals surface area contributed by atoms with Gasteiger partial charge in [-0.1, -0.05) is 0 Å². The number of nitrogens with zero attached hydrogens (tertiary/aromatic N) is 1. The topological polar surface area (TPSA) is 20.3 Å². The zero-order valence-corrected chi connectivity index (χ0v) is 7.07. The van der Waals surface area contributed by atoms with Crippen molar-refractivity contribution >= 4 is 17.5 Å². The minimum Gasteiger partial charge on any atom is -0.382 e. The highest BCUT2D eigenvalue weighted by molar-refractivity contribution is 8.04. The first-order valence-corrected chi connectivity index (χ1v) is 4.23. The van der Waals surface area contributed by atoms with Gasteiger partial charge in [0.25, 0.3) is 0 Å². The molecular weight excluding hydrogens is 146 g/mol. The molecule has 0 aromatic carbocycles. The predicted octanol–water partition coefficient (Wildman–Crippen LogP) is 1.10. The average Bonchev–Trinajstić information content (AvgIpc) is 2.15. The van der Waals surface area contributed by atoms with Gasteiger partial charge in [-0.3, -0.25) is 4.79 Å². The number of Topliss-reactive ketones (excluding diaryl/α,β-unsaturated/α-hetero) is 1. The molecule has 0 aromatic heterocycles. The summed E-state index contributed by atoms with van der Waals surface area (Å²) in [5.74, 6) is 1.25. The van der Waals surface area contributed by atoms with Crippen molar-refractivity contribution in [1.29, 1.82) is 0 Å². The fourth-order valence-electron chi connectivity index (χ4n) is 0.801. The van der Waals surface area contributed by atoms with E-state index in [2.05, 4.69) is 0 Å². The highest BCUT2D eigenvalue weighted by Gasteiger charge is 2.17. The van der Waals surface area contributed by atoms with E-state index in [1.54, 1.807) is 11.8 Å². The third kappa shape index (κ3) is 1.77. The van der Waals surface area contributed by atoms with Crippen LogP contribution in [-0.2, 0) is 4.79 Å². The van der Waals surface area contributed by atoms with Gasteiger partial charge >= 0.3 is 0 Å². The van der Waals surface area contributed by atoms with E-state index in [-0.39, 0.29) is 0 Å². The second-order valence-electron chi connectivity index (χ2n) is 2.48. The summed E-state index contributed by atoms with van der Waals surface area (Å²) in [6, 6.07) is 0. The highest BCUT2D eigenvalue weighted by Crippen LogP contribution is 2.26. The second kappa shape index (κ2) is 3.10. The molecule has 0 aromatic rings. The normalized spacial score (nSPS) is 22.2. The zero-order chi connectivity index (χ0) is 7.56. The van der Waals surface area contributed by atoms with Crippen LogP contribution in [0.3, 0.4) is 0 Å². The number of thioether (sulfide) groups is 1. The first kappa shape index (κ1) is 7.66. The van der Waals surface area contributed by atoms with Crippen LogP contribution in [0.4, 0.5) is 0 Å². The molecule has 0 saturated carbocycles. The third-order valence-corrected chi connectivity index (χ3v) is 2.29. The van der Waals surface area contributed by atoms with Crippen molar-refractivity contribution in [2.45, 2.75) is 6.42 Å². The van der Waals surface area contributed by atoms with E-state index in [4.69, 9.17) is 0 Å². The van der Waals surface area contributed by atoms with Crippen LogP contribution in [0.5, 0.6) is 0 Å². The molecule has 0 N–H and O–H groups in total. The molecule has 0 unspecified atom stereocenters. The van der Waals surface area contributed by atoms with Crippen molar-refractivity contribution in [3.63, 3.8) is 0 Å². The lowest BCUT2D eigenvalue weighted by Gasteiger charge is -2.04. The average molecular weight is 157 g/mol. The second-order valence-corrected chi connectivity index (χ2v) is 3.62. The van der Waals surface area contributed by atoms with Gasteiger partial charge in [-0.25, -0.2) is 0 Å². The van der Waals surface area contributed by atoms with E-state index in [9.17, 15) is 4.79 Å². The smallest absolute Gasteiger partial charge is 0.171 e. The van der Waals surface area contributed by atoms with Crippen LogP contribution in [-0.4, -0.2) is 30.5 Å². The predicted molar refractivity (Wildman–Crippen MR) is 43.9 cm³/mol. The Morgan fingerprint density at radius 2 is 2.30 bits per heavy atom. The molecule has 56 valence electrons. The summed E-state index contributed by atoms with van der Waals surface area (Å²) in [6.45, 7) is 0. The Hall–Kier alpha value is -0.440. The minimum absolute atomic E-state index is 0.290. The molecule has 1 aliphatic heterocycles. The van der Waals surface area contributed by atoms with Crippen molar-refractivity contribution < 1.29 is 4.79 Å². The van der Waals surface area contributed by atoms with Crippen molar-refractivity contribution in [1.82, 2.24) is 4.90 Å². The largest absolute Gasteiger partial charge is 0.382 e. The van der Waals surface area contributed by atoms with Crippen LogP contribution in [0.1, 0.15) is 6.42 Å². The fraction of sp³-hybridized carbons (Fsp3) is 0.571. The van der Waals surface area contributed by atoms with E-state index < -0.39 is 0 Å². The lowest BCUT2D eigenvalue weighted by molar-refractivity contribution is -0.114. The van der Waals surface area contributed by atoms with Crippen LogP contribution in [0, 0.1) is 0 Å². The maximum Gasteiger partial charge on any atom is 0.171 e. The molecule has 0 bridgehead atoms. The van der Waals surface area contributed by atoms with Crippen molar-refractivity contribution in [2.24, 2.45) is 0 Å². The summed E-state index contributed by atoms with van der Waals surface area (Å²) in [5.41, 5.74) is 0. The number of carbonyl (C=O) groups is 1. The van der Waals surface area contributed by atoms with Gasteiger partial charge in [0.15, 0.2) is 5.78 Å². The van der Waals surface area contributed by atoms with Crippen molar-refractivity contribution in [2.75, 3.05) is 19.8 Å². The fourth-order valence-corrected chi connectivity index (χ4v) is 1.86. The first-order valence-electron chi connectivity index (χ1n) is 3.24. The summed E-state index contributed by atoms with van der Waals surface area (Å²) in [6.07, 6.45) is 2.60. The highest BCUT2D eigenvalue weighted by atomic mass is 32.2. The number of allylic oxidation sites excluding steroid dienone is 1. The summed E-state index contributed by atoms with van der Waals surface area (Å²) in [5, 5.41) is 0. The zero-order valence-electron chi connectivity index (χ0n) is 6.26. The van der Waals surface area contributed by atoms with Crippen LogP contribution in [0.2, 0.25) is 0 Å². The number of rotatable bonds is 1. The number of carbonyl (C=O) groups excluding carboxylic acids is 1. The molecule has 2 nitrogen and oxygen atoms in total. The van der Waals surface area contributed by atoms with Crippen molar-refractivity contribution in [3.8, 4) is 0 Å². The summed E-state index contributed by atoms with van der Waals surface area (Å²) >= 11 is 1.65. The first-order chi connectivity index (χ1) is 4.70.